The maximum absolute atomic E-state index is 13.2. The van der Waals surface area contributed by atoms with Crippen molar-refractivity contribution in [2.24, 2.45) is 12.0 Å². The predicted octanol–water partition coefficient (Wildman–Crippen LogP) is 1.53. The van der Waals surface area contributed by atoms with Crippen LogP contribution in [0.5, 0.6) is 0 Å². The van der Waals surface area contributed by atoms with Gasteiger partial charge in [-0.15, -0.1) is 0 Å². The van der Waals surface area contributed by atoms with E-state index in [0.717, 1.165) is 11.1 Å². The van der Waals surface area contributed by atoms with Gasteiger partial charge in [0.25, 0.3) is 0 Å². The van der Waals surface area contributed by atoms with Gasteiger partial charge in [-0.25, -0.2) is 4.39 Å². The Morgan fingerprint density at radius 3 is 2.75 bits per heavy atom. The number of nitrogens with zero attached hydrogens (tertiary/aromatic N) is 4. The Morgan fingerprint density at radius 2 is 2.17 bits per heavy atom. The van der Waals surface area contributed by atoms with E-state index in [1.807, 2.05) is 39.6 Å². The third-order valence-corrected chi connectivity index (χ3v) is 3.77. The zero-order valence-electron chi connectivity index (χ0n) is 14.6. The molecule has 0 radical (unpaired) electrons. The zero-order valence-corrected chi connectivity index (χ0v) is 14.6. The van der Waals surface area contributed by atoms with Gasteiger partial charge in [0.05, 0.1) is 12.2 Å². The lowest BCUT2D eigenvalue weighted by Crippen LogP contribution is -2.41. The quantitative estimate of drug-likeness (QED) is 0.622. The molecule has 7 heteroatoms. The van der Waals surface area contributed by atoms with Crippen molar-refractivity contribution in [2.75, 3.05) is 27.7 Å². The van der Waals surface area contributed by atoms with Crippen LogP contribution in [-0.4, -0.2) is 48.3 Å². The van der Waals surface area contributed by atoms with Crippen LogP contribution in [0.25, 0.3) is 0 Å². The number of halogens is 1. The molecule has 2 aromatic rings. The summed E-state index contributed by atoms with van der Waals surface area (Å²) in [5.74, 6) is 0.441. The number of rotatable bonds is 6. The van der Waals surface area contributed by atoms with Gasteiger partial charge in [0.2, 0.25) is 0 Å². The van der Waals surface area contributed by atoms with Gasteiger partial charge in [0.1, 0.15) is 5.82 Å². The van der Waals surface area contributed by atoms with Gasteiger partial charge in [-0.2, -0.15) is 5.10 Å². The fraction of sp³-hybridized carbons (Fsp3) is 0.412. The minimum Gasteiger partial charge on any atom is -0.354 e. The van der Waals surface area contributed by atoms with Crippen LogP contribution in [-0.2, 0) is 13.6 Å². The van der Waals surface area contributed by atoms with E-state index in [4.69, 9.17) is 0 Å². The topological polar surface area (TPSA) is 57.5 Å². The van der Waals surface area contributed by atoms with Crippen LogP contribution < -0.4 is 10.6 Å². The summed E-state index contributed by atoms with van der Waals surface area (Å²) in [4.78, 5) is 6.35. The number of hydrogen-bond acceptors (Lipinski definition) is 3. The number of aryl methyl sites for hydroxylation is 1. The van der Waals surface area contributed by atoms with Crippen LogP contribution in [0.4, 0.5) is 4.39 Å². The van der Waals surface area contributed by atoms with Crippen LogP contribution in [0, 0.1) is 5.82 Å². The molecule has 1 aromatic heterocycles. The standard InChI is InChI=1S/C17H25FN6/c1-19-17(20-9-13-6-5-7-15(18)8-13)21-11-16(23(2)3)14-10-22-24(4)12-14/h5-8,10,12,16H,9,11H2,1-4H3,(H2,19,20,21). The molecule has 0 fully saturated rings. The summed E-state index contributed by atoms with van der Waals surface area (Å²) in [6.07, 6.45) is 3.88. The first kappa shape index (κ1) is 17.9. The van der Waals surface area contributed by atoms with Crippen molar-refractivity contribution in [1.82, 2.24) is 25.3 Å². The molecule has 6 nitrogen and oxygen atoms in total. The Hall–Kier alpha value is -2.41. The predicted molar refractivity (Wildman–Crippen MR) is 94.2 cm³/mol. The van der Waals surface area contributed by atoms with E-state index in [1.165, 1.54) is 12.1 Å². The molecule has 0 amide bonds. The highest BCUT2D eigenvalue weighted by molar-refractivity contribution is 5.79. The first-order chi connectivity index (χ1) is 11.5. The van der Waals surface area contributed by atoms with Gasteiger partial charge in [-0.05, 0) is 31.8 Å². The van der Waals surface area contributed by atoms with Gasteiger partial charge < -0.3 is 15.5 Å². The van der Waals surface area contributed by atoms with Gasteiger partial charge in [-0.3, -0.25) is 9.67 Å². The molecule has 0 saturated heterocycles. The highest BCUT2D eigenvalue weighted by Gasteiger charge is 2.16. The highest BCUT2D eigenvalue weighted by Crippen LogP contribution is 2.16. The number of likely N-dealkylation sites (N-methyl/N-ethyl adjacent to an activating group) is 1. The van der Waals surface area contributed by atoms with Gasteiger partial charge in [0, 0.05) is 38.9 Å². The second kappa shape index (κ2) is 8.44. The lowest BCUT2D eigenvalue weighted by molar-refractivity contribution is 0.298. The molecule has 0 bridgehead atoms. The van der Waals surface area contributed by atoms with Crippen molar-refractivity contribution in [2.45, 2.75) is 12.6 Å². The molecule has 1 heterocycles. The third-order valence-electron chi connectivity index (χ3n) is 3.77. The zero-order chi connectivity index (χ0) is 17.5. The Bertz CT molecular complexity index is 679. The molecule has 0 aliphatic heterocycles. The number of nitrogens with one attached hydrogen (secondary N) is 2. The van der Waals surface area contributed by atoms with E-state index in [2.05, 4.69) is 25.6 Å². The van der Waals surface area contributed by atoms with E-state index >= 15 is 0 Å². The largest absolute Gasteiger partial charge is 0.354 e. The summed E-state index contributed by atoms with van der Waals surface area (Å²) in [6.45, 7) is 1.19. The molecule has 1 unspecified atom stereocenters. The lowest BCUT2D eigenvalue weighted by atomic mass is 10.1. The third kappa shape index (κ3) is 5.06. The maximum atomic E-state index is 13.2. The highest BCUT2D eigenvalue weighted by atomic mass is 19.1. The molecule has 130 valence electrons. The van der Waals surface area contributed by atoms with Crippen molar-refractivity contribution >= 4 is 5.96 Å². The lowest BCUT2D eigenvalue weighted by Gasteiger charge is -2.24. The van der Waals surface area contributed by atoms with Crippen molar-refractivity contribution in [3.05, 3.63) is 53.6 Å². The minimum atomic E-state index is -0.235. The number of guanidine groups is 1. The first-order valence-electron chi connectivity index (χ1n) is 7.83. The second-order valence-corrected chi connectivity index (χ2v) is 5.86. The molecule has 0 aliphatic carbocycles. The van der Waals surface area contributed by atoms with E-state index in [1.54, 1.807) is 17.8 Å². The Kier molecular flexibility index (Phi) is 6.31. The second-order valence-electron chi connectivity index (χ2n) is 5.86. The monoisotopic (exact) mass is 332 g/mol. The number of aromatic nitrogens is 2. The average Bonchev–Trinajstić information content (AvgIpc) is 2.96. The Labute approximate surface area is 142 Å². The van der Waals surface area contributed by atoms with Crippen molar-refractivity contribution < 1.29 is 4.39 Å². The summed E-state index contributed by atoms with van der Waals surface area (Å²) in [6, 6.07) is 6.70. The van der Waals surface area contributed by atoms with E-state index in [-0.39, 0.29) is 11.9 Å². The molecule has 24 heavy (non-hydrogen) atoms. The van der Waals surface area contributed by atoms with E-state index < -0.39 is 0 Å². The Balaban J connectivity index is 1.92. The average molecular weight is 332 g/mol. The van der Waals surface area contributed by atoms with Crippen LogP contribution in [0.2, 0.25) is 0 Å². The van der Waals surface area contributed by atoms with Crippen LogP contribution in [0.15, 0.2) is 41.7 Å². The summed E-state index contributed by atoms with van der Waals surface area (Å²) >= 11 is 0. The molecule has 0 saturated carbocycles. The summed E-state index contributed by atoms with van der Waals surface area (Å²) in [7, 11) is 7.68. The van der Waals surface area contributed by atoms with Crippen LogP contribution in [0.1, 0.15) is 17.2 Å². The van der Waals surface area contributed by atoms with Crippen molar-refractivity contribution in [1.29, 1.82) is 0 Å². The number of aliphatic imine (C=N–C) groups is 1. The maximum Gasteiger partial charge on any atom is 0.191 e. The number of benzene rings is 1. The van der Waals surface area contributed by atoms with Crippen molar-refractivity contribution in [3.63, 3.8) is 0 Å². The van der Waals surface area contributed by atoms with Crippen molar-refractivity contribution in [3.8, 4) is 0 Å². The molecule has 1 aromatic carbocycles. The summed E-state index contributed by atoms with van der Waals surface area (Å²) in [5.41, 5.74) is 2.00. The van der Waals surface area contributed by atoms with Crippen LogP contribution >= 0.6 is 0 Å². The van der Waals surface area contributed by atoms with E-state index in [9.17, 15) is 4.39 Å². The molecule has 2 N–H and O–H groups in total. The summed E-state index contributed by atoms with van der Waals surface area (Å²) < 4.78 is 15.0. The normalized spacial score (nSPS) is 13.2. The first-order valence-corrected chi connectivity index (χ1v) is 7.83. The van der Waals surface area contributed by atoms with Gasteiger partial charge in [-0.1, -0.05) is 12.1 Å². The Morgan fingerprint density at radius 1 is 1.38 bits per heavy atom. The van der Waals surface area contributed by atoms with Gasteiger partial charge >= 0.3 is 0 Å². The minimum absolute atomic E-state index is 0.173. The molecule has 1 atom stereocenters. The van der Waals surface area contributed by atoms with E-state index in [0.29, 0.717) is 19.0 Å². The summed E-state index contributed by atoms with van der Waals surface area (Å²) in [5, 5.41) is 10.7. The smallest absolute Gasteiger partial charge is 0.191 e. The molecular weight excluding hydrogens is 307 g/mol. The van der Waals surface area contributed by atoms with Gasteiger partial charge in [0.15, 0.2) is 5.96 Å². The number of hydrogen-bond donors (Lipinski definition) is 2. The molecular formula is C17H25FN6. The molecule has 2 rings (SSSR count). The SMILES string of the molecule is CN=C(NCc1cccc(F)c1)NCC(c1cnn(C)c1)N(C)C. The fourth-order valence-electron chi connectivity index (χ4n) is 2.46. The van der Waals surface area contributed by atoms with Crippen LogP contribution in [0.3, 0.4) is 0 Å². The molecule has 0 aliphatic rings. The fourth-order valence-corrected chi connectivity index (χ4v) is 2.46. The molecule has 0 spiro atoms.